The first-order valence-electron chi connectivity index (χ1n) is 8.85. The molecule has 4 rings (SSSR count). The van der Waals surface area contributed by atoms with Gasteiger partial charge >= 0.3 is 0 Å². The van der Waals surface area contributed by atoms with Gasteiger partial charge in [-0.25, -0.2) is 8.42 Å². The van der Waals surface area contributed by atoms with E-state index in [-0.39, 0.29) is 0 Å². The summed E-state index contributed by atoms with van der Waals surface area (Å²) in [7, 11) is -1.77. The second-order valence-electron chi connectivity index (χ2n) is 6.33. The molecule has 0 aliphatic carbocycles. The van der Waals surface area contributed by atoms with Crippen molar-refractivity contribution in [3.63, 3.8) is 0 Å². The van der Waals surface area contributed by atoms with Gasteiger partial charge < -0.3 is 9.64 Å². The summed E-state index contributed by atoms with van der Waals surface area (Å²) in [5.41, 5.74) is 1.70. The molecule has 1 aromatic carbocycles. The van der Waals surface area contributed by atoms with Crippen LogP contribution in [0.25, 0.3) is 11.3 Å². The Hall–Kier alpha value is -2.49. The summed E-state index contributed by atoms with van der Waals surface area (Å²) >= 11 is 1.25. The summed E-state index contributed by atoms with van der Waals surface area (Å²) in [5, 5.41) is 10.5. The number of sulfonamides is 1. The van der Waals surface area contributed by atoms with Crippen LogP contribution in [0.3, 0.4) is 0 Å². The average molecular weight is 417 g/mol. The molecule has 3 aromatic rings. The lowest BCUT2D eigenvalue weighted by molar-refractivity contribution is 0.384. The molecule has 3 heterocycles. The van der Waals surface area contributed by atoms with Crippen molar-refractivity contribution in [2.75, 3.05) is 38.2 Å². The van der Waals surface area contributed by atoms with E-state index in [1.54, 1.807) is 24.6 Å². The van der Waals surface area contributed by atoms with Crippen LogP contribution in [0.2, 0.25) is 0 Å². The van der Waals surface area contributed by atoms with Crippen LogP contribution in [0.4, 0.5) is 5.82 Å². The summed E-state index contributed by atoms with van der Waals surface area (Å²) in [6.45, 7) is 2.02. The molecule has 0 amide bonds. The van der Waals surface area contributed by atoms with Gasteiger partial charge in [-0.15, -0.1) is 21.5 Å². The van der Waals surface area contributed by atoms with Crippen LogP contribution in [-0.4, -0.2) is 56.2 Å². The van der Waals surface area contributed by atoms with Crippen molar-refractivity contribution in [3.05, 3.63) is 53.9 Å². The number of aromatic nitrogens is 2. The second-order valence-corrected chi connectivity index (χ2v) is 9.44. The number of anilines is 1. The first-order valence-corrected chi connectivity index (χ1v) is 11.2. The molecule has 0 bridgehead atoms. The van der Waals surface area contributed by atoms with Crippen LogP contribution < -0.4 is 9.64 Å². The van der Waals surface area contributed by atoms with Crippen molar-refractivity contribution in [1.29, 1.82) is 0 Å². The molecule has 1 aliphatic rings. The zero-order valence-corrected chi connectivity index (χ0v) is 17.0. The molecule has 0 N–H and O–H groups in total. The van der Waals surface area contributed by atoms with Crippen LogP contribution in [-0.2, 0) is 10.0 Å². The fraction of sp³-hybridized carbons (Fsp3) is 0.263. The third kappa shape index (κ3) is 3.73. The van der Waals surface area contributed by atoms with Gasteiger partial charge in [-0.05, 0) is 35.7 Å². The van der Waals surface area contributed by atoms with Gasteiger partial charge in [0, 0.05) is 31.7 Å². The van der Waals surface area contributed by atoms with Gasteiger partial charge in [0.25, 0.3) is 10.0 Å². The van der Waals surface area contributed by atoms with E-state index < -0.39 is 10.0 Å². The average Bonchev–Trinajstić information content (AvgIpc) is 3.30. The quantitative estimate of drug-likeness (QED) is 0.637. The summed E-state index contributed by atoms with van der Waals surface area (Å²) < 4.78 is 32.4. The van der Waals surface area contributed by atoms with Gasteiger partial charge in [-0.1, -0.05) is 18.2 Å². The number of ether oxygens (including phenoxy) is 1. The number of rotatable bonds is 5. The fourth-order valence-electron chi connectivity index (χ4n) is 3.13. The maximum atomic E-state index is 12.6. The number of piperazine rings is 1. The SMILES string of the molecule is COc1cccc(-c2ccc(N3CCN(S(=O)(=O)c4cccs4)CC3)nn2)c1. The van der Waals surface area contributed by atoms with Crippen LogP contribution in [0.5, 0.6) is 5.75 Å². The van der Waals surface area contributed by atoms with Gasteiger partial charge in [-0.3, -0.25) is 0 Å². The first-order chi connectivity index (χ1) is 13.6. The predicted molar refractivity (Wildman–Crippen MR) is 109 cm³/mol. The normalized spacial score (nSPS) is 15.5. The largest absolute Gasteiger partial charge is 0.497 e. The Morgan fingerprint density at radius 2 is 1.82 bits per heavy atom. The Balaban J connectivity index is 1.44. The predicted octanol–water partition coefficient (Wildman–Crippen LogP) is 2.72. The number of benzene rings is 1. The summed E-state index contributed by atoms with van der Waals surface area (Å²) in [6.07, 6.45) is 0. The third-order valence-electron chi connectivity index (χ3n) is 4.67. The topological polar surface area (TPSA) is 75.6 Å². The van der Waals surface area contributed by atoms with E-state index in [4.69, 9.17) is 4.74 Å². The minimum Gasteiger partial charge on any atom is -0.497 e. The number of thiophene rings is 1. The highest BCUT2D eigenvalue weighted by molar-refractivity contribution is 7.91. The molecule has 0 atom stereocenters. The molecule has 1 aliphatic heterocycles. The standard InChI is InChI=1S/C19H20N4O3S2/c1-26-16-5-2-4-15(14-16)17-7-8-18(21-20-17)22-9-11-23(12-10-22)28(24,25)19-6-3-13-27-19/h2-8,13-14H,9-12H2,1H3. The van der Waals surface area contributed by atoms with Gasteiger partial charge in [0.15, 0.2) is 5.82 Å². The molecular weight excluding hydrogens is 396 g/mol. The van der Waals surface area contributed by atoms with Gasteiger partial charge in [-0.2, -0.15) is 4.31 Å². The molecule has 2 aromatic heterocycles. The Kier molecular flexibility index (Phi) is 5.29. The van der Waals surface area contributed by atoms with E-state index >= 15 is 0 Å². The van der Waals surface area contributed by atoms with E-state index in [2.05, 4.69) is 15.1 Å². The highest BCUT2D eigenvalue weighted by Gasteiger charge is 2.29. The second kappa shape index (κ2) is 7.86. The summed E-state index contributed by atoms with van der Waals surface area (Å²) in [6, 6.07) is 14.9. The molecule has 9 heteroatoms. The summed E-state index contributed by atoms with van der Waals surface area (Å²) in [5.74, 6) is 1.52. The van der Waals surface area contributed by atoms with E-state index in [1.807, 2.05) is 36.4 Å². The molecule has 1 saturated heterocycles. The van der Waals surface area contributed by atoms with Crippen LogP contribution >= 0.6 is 11.3 Å². The molecule has 146 valence electrons. The number of hydrogen-bond donors (Lipinski definition) is 0. The van der Waals surface area contributed by atoms with E-state index in [1.165, 1.54) is 15.6 Å². The lowest BCUT2D eigenvalue weighted by atomic mass is 10.1. The molecule has 0 unspecified atom stereocenters. The van der Waals surface area contributed by atoms with Crippen LogP contribution in [0.1, 0.15) is 0 Å². The monoisotopic (exact) mass is 416 g/mol. The maximum Gasteiger partial charge on any atom is 0.252 e. The minimum atomic E-state index is -3.40. The Morgan fingerprint density at radius 1 is 1.00 bits per heavy atom. The highest BCUT2D eigenvalue weighted by atomic mass is 32.2. The lowest BCUT2D eigenvalue weighted by Gasteiger charge is -2.34. The highest BCUT2D eigenvalue weighted by Crippen LogP contribution is 2.25. The zero-order valence-electron chi connectivity index (χ0n) is 15.4. The smallest absolute Gasteiger partial charge is 0.252 e. The van der Waals surface area contributed by atoms with Crippen molar-refractivity contribution in [2.24, 2.45) is 0 Å². The number of methoxy groups -OCH3 is 1. The van der Waals surface area contributed by atoms with E-state index in [0.717, 1.165) is 22.8 Å². The number of nitrogens with zero attached hydrogens (tertiary/aromatic N) is 4. The van der Waals surface area contributed by atoms with Crippen LogP contribution in [0.15, 0.2) is 58.1 Å². The third-order valence-corrected chi connectivity index (χ3v) is 7.94. The molecule has 7 nitrogen and oxygen atoms in total. The number of hydrogen-bond acceptors (Lipinski definition) is 7. The van der Waals surface area contributed by atoms with Crippen molar-refractivity contribution in [1.82, 2.24) is 14.5 Å². The Morgan fingerprint density at radius 3 is 2.46 bits per heavy atom. The van der Waals surface area contributed by atoms with Crippen molar-refractivity contribution in [3.8, 4) is 17.0 Å². The lowest BCUT2D eigenvalue weighted by Crippen LogP contribution is -2.48. The van der Waals surface area contributed by atoms with Gasteiger partial charge in [0.05, 0.1) is 12.8 Å². The Labute approximate surface area is 168 Å². The first kappa shape index (κ1) is 18.9. The molecule has 0 radical (unpaired) electrons. The van der Waals surface area contributed by atoms with Crippen molar-refractivity contribution < 1.29 is 13.2 Å². The molecule has 1 fully saturated rings. The fourth-order valence-corrected chi connectivity index (χ4v) is 5.69. The molecule has 0 spiro atoms. The van der Waals surface area contributed by atoms with Crippen LogP contribution in [0, 0.1) is 0 Å². The van der Waals surface area contributed by atoms with Crippen molar-refractivity contribution >= 4 is 27.2 Å². The zero-order chi connectivity index (χ0) is 19.6. The molecular formula is C19H20N4O3S2. The van der Waals surface area contributed by atoms with Crippen molar-refractivity contribution in [2.45, 2.75) is 4.21 Å². The van der Waals surface area contributed by atoms with Gasteiger partial charge in [0.2, 0.25) is 0 Å². The Bertz CT molecular complexity index is 1030. The van der Waals surface area contributed by atoms with E-state index in [0.29, 0.717) is 30.4 Å². The summed E-state index contributed by atoms with van der Waals surface area (Å²) in [4.78, 5) is 2.06. The van der Waals surface area contributed by atoms with Gasteiger partial charge in [0.1, 0.15) is 9.96 Å². The maximum absolute atomic E-state index is 12.6. The van der Waals surface area contributed by atoms with E-state index in [9.17, 15) is 8.42 Å². The molecule has 0 saturated carbocycles. The molecule has 28 heavy (non-hydrogen) atoms. The minimum absolute atomic E-state index is 0.392.